The van der Waals surface area contributed by atoms with E-state index in [9.17, 15) is 4.79 Å². The van der Waals surface area contributed by atoms with Crippen LogP contribution in [-0.2, 0) is 13.1 Å². The zero-order valence-corrected chi connectivity index (χ0v) is 12.8. The van der Waals surface area contributed by atoms with Crippen LogP contribution >= 0.6 is 0 Å². The van der Waals surface area contributed by atoms with Crippen LogP contribution in [0, 0.1) is 0 Å². The van der Waals surface area contributed by atoms with Gasteiger partial charge in [0, 0.05) is 38.1 Å². The normalized spacial score (nSPS) is 10.4. The van der Waals surface area contributed by atoms with Crippen molar-refractivity contribution in [2.75, 3.05) is 19.4 Å². The summed E-state index contributed by atoms with van der Waals surface area (Å²) in [5.41, 5.74) is 2.76. The van der Waals surface area contributed by atoms with Gasteiger partial charge < -0.3 is 14.8 Å². The molecule has 112 valence electrons. The Morgan fingerprint density at radius 1 is 1.38 bits per heavy atom. The second-order valence-corrected chi connectivity index (χ2v) is 5.21. The van der Waals surface area contributed by atoms with Gasteiger partial charge in [-0.2, -0.15) is 0 Å². The standard InChI is InChI=1S/C16H22N4O/c1-4-8-20-12-17-10-15(20)11-18-14-7-5-6-13(9-14)16(21)19(2)3/h5-7,9-10,12,18H,4,8,11H2,1-3H3. The fourth-order valence-electron chi connectivity index (χ4n) is 2.15. The molecule has 0 bridgehead atoms. The van der Waals surface area contributed by atoms with Crippen LogP contribution in [0.4, 0.5) is 5.69 Å². The van der Waals surface area contributed by atoms with Crippen molar-refractivity contribution in [3.05, 3.63) is 48.0 Å². The summed E-state index contributed by atoms with van der Waals surface area (Å²) in [5, 5.41) is 3.35. The lowest BCUT2D eigenvalue weighted by Crippen LogP contribution is -2.21. The molecule has 0 fully saturated rings. The Hall–Kier alpha value is -2.30. The van der Waals surface area contributed by atoms with E-state index in [1.807, 2.05) is 36.8 Å². The SMILES string of the molecule is CCCn1cncc1CNc1cccc(C(=O)N(C)C)c1. The van der Waals surface area contributed by atoms with E-state index in [4.69, 9.17) is 0 Å². The molecule has 1 aromatic carbocycles. The minimum Gasteiger partial charge on any atom is -0.379 e. The number of hydrogen-bond acceptors (Lipinski definition) is 3. The summed E-state index contributed by atoms with van der Waals surface area (Å²) in [6.45, 7) is 3.81. The number of nitrogens with one attached hydrogen (secondary N) is 1. The van der Waals surface area contributed by atoms with E-state index in [1.165, 1.54) is 0 Å². The van der Waals surface area contributed by atoms with Gasteiger partial charge in [0.2, 0.25) is 0 Å². The Labute approximate surface area is 125 Å². The van der Waals surface area contributed by atoms with Crippen molar-refractivity contribution in [1.82, 2.24) is 14.5 Å². The highest BCUT2D eigenvalue weighted by Crippen LogP contribution is 2.13. The van der Waals surface area contributed by atoms with Gasteiger partial charge in [-0.1, -0.05) is 13.0 Å². The van der Waals surface area contributed by atoms with Gasteiger partial charge in [-0.3, -0.25) is 4.79 Å². The van der Waals surface area contributed by atoms with Gasteiger partial charge in [0.1, 0.15) is 0 Å². The molecule has 0 aliphatic carbocycles. The van der Waals surface area contributed by atoms with Crippen LogP contribution in [-0.4, -0.2) is 34.5 Å². The molecule has 0 aliphatic rings. The summed E-state index contributed by atoms with van der Waals surface area (Å²) in [5.74, 6) is 0.00896. The fraction of sp³-hybridized carbons (Fsp3) is 0.375. The number of carbonyl (C=O) groups excluding carboxylic acids is 1. The first-order valence-corrected chi connectivity index (χ1v) is 7.16. The van der Waals surface area contributed by atoms with Gasteiger partial charge in [0.05, 0.1) is 18.6 Å². The molecule has 1 N–H and O–H groups in total. The highest BCUT2D eigenvalue weighted by Gasteiger charge is 2.08. The Balaban J connectivity index is 2.05. The van der Waals surface area contributed by atoms with Crippen LogP contribution in [0.3, 0.4) is 0 Å². The van der Waals surface area contributed by atoms with Crippen molar-refractivity contribution in [3.8, 4) is 0 Å². The van der Waals surface area contributed by atoms with Gasteiger partial charge in [0.25, 0.3) is 5.91 Å². The first-order valence-electron chi connectivity index (χ1n) is 7.16. The number of rotatable bonds is 6. The topological polar surface area (TPSA) is 50.2 Å². The number of benzene rings is 1. The predicted octanol–water partition coefficient (Wildman–Crippen LogP) is 2.61. The lowest BCUT2D eigenvalue weighted by molar-refractivity contribution is 0.0827. The first-order chi connectivity index (χ1) is 10.1. The van der Waals surface area contributed by atoms with Gasteiger partial charge in [-0.05, 0) is 24.6 Å². The van der Waals surface area contributed by atoms with E-state index in [1.54, 1.807) is 19.0 Å². The van der Waals surface area contributed by atoms with Crippen molar-refractivity contribution >= 4 is 11.6 Å². The monoisotopic (exact) mass is 286 g/mol. The lowest BCUT2D eigenvalue weighted by atomic mass is 10.2. The van der Waals surface area contributed by atoms with E-state index < -0.39 is 0 Å². The van der Waals surface area contributed by atoms with Crippen molar-refractivity contribution in [3.63, 3.8) is 0 Å². The Bertz CT molecular complexity index is 604. The number of aryl methyl sites for hydroxylation is 1. The maximum Gasteiger partial charge on any atom is 0.253 e. The second kappa shape index (κ2) is 6.92. The van der Waals surface area contributed by atoms with Crippen LogP contribution < -0.4 is 5.32 Å². The number of amides is 1. The quantitative estimate of drug-likeness (QED) is 0.888. The molecule has 0 spiro atoms. The maximum atomic E-state index is 12.0. The third kappa shape index (κ3) is 3.84. The summed E-state index contributed by atoms with van der Waals surface area (Å²) >= 11 is 0. The molecule has 5 nitrogen and oxygen atoms in total. The van der Waals surface area contributed by atoms with Crippen molar-refractivity contribution in [2.45, 2.75) is 26.4 Å². The zero-order valence-electron chi connectivity index (χ0n) is 12.8. The minimum absolute atomic E-state index is 0.00896. The predicted molar refractivity (Wildman–Crippen MR) is 84.3 cm³/mol. The van der Waals surface area contributed by atoms with Crippen molar-refractivity contribution < 1.29 is 4.79 Å². The van der Waals surface area contributed by atoms with Crippen LogP contribution in [0.15, 0.2) is 36.8 Å². The molecule has 2 aromatic rings. The van der Waals surface area contributed by atoms with E-state index in [0.29, 0.717) is 12.1 Å². The number of imidazole rings is 1. The number of carbonyl (C=O) groups is 1. The molecular formula is C16H22N4O. The average Bonchev–Trinajstić information content (AvgIpc) is 2.92. The van der Waals surface area contributed by atoms with Gasteiger partial charge in [-0.15, -0.1) is 0 Å². The lowest BCUT2D eigenvalue weighted by Gasteiger charge is -2.12. The summed E-state index contributed by atoms with van der Waals surface area (Å²) in [4.78, 5) is 17.7. The van der Waals surface area contributed by atoms with Crippen molar-refractivity contribution in [2.24, 2.45) is 0 Å². The summed E-state index contributed by atoms with van der Waals surface area (Å²) in [6, 6.07) is 7.56. The third-order valence-electron chi connectivity index (χ3n) is 3.25. The number of anilines is 1. The van der Waals surface area contributed by atoms with Crippen LogP contribution in [0.25, 0.3) is 0 Å². The number of nitrogens with zero attached hydrogens (tertiary/aromatic N) is 3. The molecule has 0 saturated heterocycles. The Morgan fingerprint density at radius 3 is 2.90 bits per heavy atom. The highest BCUT2D eigenvalue weighted by molar-refractivity contribution is 5.94. The molecular weight excluding hydrogens is 264 g/mol. The van der Waals surface area contributed by atoms with Gasteiger partial charge in [0.15, 0.2) is 0 Å². The molecule has 21 heavy (non-hydrogen) atoms. The Morgan fingerprint density at radius 2 is 2.19 bits per heavy atom. The van der Waals surface area contributed by atoms with E-state index in [2.05, 4.69) is 21.8 Å². The second-order valence-electron chi connectivity index (χ2n) is 5.21. The van der Waals surface area contributed by atoms with Crippen molar-refractivity contribution in [1.29, 1.82) is 0 Å². The van der Waals surface area contributed by atoms with E-state index >= 15 is 0 Å². The molecule has 1 amide bonds. The molecule has 0 unspecified atom stereocenters. The molecule has 0 atom stereocenters. The average molecular weight is 286 g/mol. The summed E-state index contributed by atoms with van der Waals surface area (Å²) in [6.07, 6.45) is 4.81. The van der Waals surface area contributed by atoms with Crippen LogP contribution in [0.1, 0.15) is 29.4 Å². The third-order valence-corrected chi connectivity index (χ3v) is 3.25. The van der Waals surface area contributed by atoms with Gasteiger partial charge in [-0.25, -0.2) is 4.98 Å². The Kier molecular flexibility index (Phi) is 4.98. The van der Waals surface area contributed by atoms with Crippen LogP contribution in [0.5, 0.6) is 0 Å². The largest absolute Gasteiger partial charge is 0.379 e. The first kappa shape index (κ1) is 15.1. The van der Waals surface area contributed by atoms with E-state index in [0.717, 1.165) is 24.3 Å². The number of aromatic nitrogens is 2. The minimum atomic E-state index is 0.00896. The molecule has 0 radical (unpaired) electrons. The zero-order chi connectivity index (χ0) is 15.2. The van der Waals surface area contributed by atoms with E-state index in [-0.39, 0.29) is 5.91 Å². The molecule has 5 heteroatoms. The molecule has 0 aliphatic heterocycles. The molecule has 1 heterocycles. The maximum absolute atomic E-state index is 12.0. The number of hydrogen-bond donors (Lipinski definition) is 1. The smallest absolute Gasteiger partial charge is 0.253 e. The summed E-state index contributed by atoms with van der Waals surface area (Å²) < 4.78 is 2.14. The van der Waals surface area contributed by atoms with Crippen LogP contribution in [0.2, 0.25) is 0 Å². The highest BCUT2D eigenvalue weighted by atomic mass is 16.2. The van der Waals surface area contributed by atoms with Gasteiger partial charge >= 0.3 is 0 Å². The fourth-order valence-corrected chi connectivity index (χ4v) is 2.15. The molecule has 1 aromatic heterocycles. The summed E-state index contributed by atoms with van der Waals surface area (Å²) in [7, 11) is 3.51. The molecule has 2 rings (SSSR count). The molecule has 0 saturated carbocycles.